The summed E-state index contributed by atoms with van der Waals surface area (Å²) >= 11 is 0. The van der Waals surface area contributed by atoms with Crippen molar-refractivity contribution in [3.05, 3.63) is 29.8 Å². The van der Waals surface area contributed by atoms with E-state index in [1.54, 1.807) is 12.1 Å². The third kappa shape index (κ3) is 9.62. The normalized spacial score (nSPS) is 15.3. The number of phenolic OH excluding ortho intramolecular Hbond substituents is 1. The Hall–Kier alpha value is -1.02. The van der Waals surface area contributed by atoms with Crippen LogP contribution < -0.4 is 10.6 Å². The Bertz CT molecular complexity index is 520. The van der Waals surface area contributed by atoms with Gasteiger partial charge in [0.25, 0.3) is 0 Å². The molecule has 5 nitrogen and oxygen atoms in total. The summed E-state index contributed by atoms with van der Waals surface area (Å²) in [6.45, 7) is 5.27. The van der Waals surface area contributed by atoms with Crippen LogP contribution in [0.15, 0.2) is 29.3 Å². The fourth-order valence-electron chi connectivity index (χ4n) is 3.12. The molecule has 0 aromatic heterocycles. The molecule has 0 heterocycles. The number of phenols is 1. The Morgan fingerprint density at radius 1 is 1.23 bits per heavy atom. The zero-order valence-corrected chi connectivity index (χ0v) is 18.2. The zero-order chi connectivity index (χ0) is 17.7. The summed E-state index contributed by atoms with van der Waals surface area (Å²) in [5.41, 5.74) is 1.12. The fraction of sp³-hybridized carbons (Fsp3) is 0.650. The quantitative estimate of drug-likeness (QED) is 0.220. The Morgan fingerprint density at radius 2 is 2.04 bits per heavy atom. The second kappa shape index (κ2) is 14.1. The molecule has 1 saturated carbocycles. The molecule has 0 atom stereocenters. The molecule has 0 radical (unpaired) electrons. The zero-order valence-electron chi connectivity index (χ0n) is 15.9. The van der Waals surface area contributed by atoms with E-state index >= 15 is 0 Å². The van der Waals surface area contributed by atoms with Crippen molar-refractivity contribution in [3.8, 4) is 5.75 Å². The van der Waals surface area contributed by atoms with Crippen LogP contribution in [-0.4, -0.2) is 43.4 Å². The number of rotatable bonds is 9. The molecule has 0 aliphatic heterocycles. The maximum absolute atomic E-state index is 9.50. The van der Waals surface area contributed by atoms with Gasteiger partial charge in [0.2, 0.25) is 0 Å². The van der Waals surface area contributed by atoms with Crippen LogP contribution in [0.25, 0.3) is 0 Å². The molecule has 1 aromatic carbocycles. The summed E-state index contributed by atoms with van der Waals surface area (Å²) in [5, 5.41) is 16.1. The molecule has 1 aliphatic rings. The van der Waals surface area contributed by atoms with Crippen molar-refractivity contribution >= 4 is 29.9 Å². The van der Waals surface area contributed by atoms with Gasteiger partial charge in [0.15, 0.2) is 5.96 Å². The van der Waals surface area contributed by atoms with Gasteiger partial charge in [-0.2, -0.15) is 0 Å². The number of halogens is 1. The highest BCUT2D eigenvalue weighted by Crippen LogP contribution is 2.20. The fourth-order valence-corrected chi connectivity index (χ4v) is 3.12. The molecule has 1 aromatic rings. The number of aromatic hydroxyl groups is 1. The molecule has 26 heavy (non-hydrogen) atoms. The SMILES string of the molecule is CCNC(=NCCCOC1CCCCC1)NCCc1cccc(O)c1.I. The molecular weight excluding hydrogens is 441 g/mol. The minimum Gasteiger partial charge on any atom is -0.508 e. The Morgan fingerprint density at radius 3 is 2.77 bits per heavy atom. The van der Waals surface area contributed by atoms with E-state index in [9.17, 15) is 5.11 Å². The predicted molar refractivity (Wildman–Crippen MR) is 119 cm³/mol. The van der Waals surface area contributed by atoms with Gasteiger partial charge in [-0.3, -0.25) is 4.99 Å². The predicted octanol–water partition coefficient (Wildman–Crippen LogP) is 3.85. The van der Waals surface area contributed by atoms with Gasteiger partial charge in [0.1, 0.15) is 5.75 Å². The number of ether oxygens (including phenoxy) is 1. The van der Waals surface area contributed by atoms with Gasteiger partial charge in [-0.1, -0.05) is 31.4 Å². The van der Waals surface area contributed by atoms with Crippen molar-refractivity contribution in [1.29, 1.82) is 0 Å². The number of hydrogen-bond acceptors (Lipinski definition) is 3. The first-order chi connectivity index (χ1) is 12.3. The summed E-state index contributed by atoms with van der Waals surface area (Å²) in [5.74, 6) is 1.16. The summed E-state index contributed by atoms with van der Waals surface area (Å²) in [6.07, 6.45) is 8.73. The first kappa shape index (κ1) is 23.0. The minimum atomic E-state index is 0. The lowest BCUT2D eigenvalue weighted by molar-refractivity contribution is 0.0281. The standard InChI is InChI=1S/C20H33N3O2.HI/c1-2-21-20(23-14-12-17-8-6-9-18(24)16-17)22-13-7-15-25-19-10-4-3-5-11-19;/h6,8-9,16,19,24H,2-5,7,10-15H2,1H3,(H2,21,22,23);1H. The van der Waals surface area contributed by atoms with Crippen molar-refractivity contribution in [1.82, 2.24) is 10.6 Å². The van der Waals surface area contributed by atoms with Crippen LogP contribution in [0.2, 0.25) is 0 Å². The van der Waals surface area contributed by atoms with Gasteiger partial charge >= 0.3 is 0 Å². The lowest BCUT2D eigenvalue weighted by atomic mass is 9.98. The van der Waals surface area contributed by atoms with E-state index in [1.165, 1.54) is 32.1 Å². The molecule has 6 heteroatoms. The third-order valence-corrected chi connectivity index (χ3v) is 4.44. The first-order valence-electron chi connectivity index (χ1n) is 9.69. The van der Waals surface area contributed by atoms with Gasteiger partial charge in [-0.05, 0) is 50.3 Å². The molecule has 0 bridgehead atoms. The number of hydrogen-bond donors (Lipinski definition) is 3. The van der Waals surface area contributed by atoms with Gasteiger partial charge in [0.05, 0.1) is 6.10 Å². The number of nitrogens with one attached hydrogen (secondary N) is 2. The van der Waals surface area contributed by atoms with Crippen molar-refractivity contribution in [2.24, 2.45) is 4.99 Å². The minimum absolute atomic E-state index is 0. The highest BCUT2D eigenvalue weighted by molar-refractivity contribution is 14.0. The Kier molecular flexibility index (Phi) is 12.5. The Balaban J connectivity index is 0.00000338. The van der Waals surface area contributed by atoms with E-state index in [1.807, 2.05) is 12.1 Å². The number of nitrogens with zero attached hydrogens (tertiary/aromatic N) is 1. The number of aliphatic imine (C=N–C) groups is 1. The Labute approximate surface area is 175 Å². The van der Waals surface area contributed by atoms with Crippen LogP contribution in [0.5, 0.6) is 5.75 Å². The second-order valence-electron chi connectivity index (χ2n) is 6.59. The number of guanidine groups is 1. The van der Waals surface area contributed by atoms with Crippen LogP contribution in [0.3, 0.4) is 0 Å². The van der Waals surface area contributed by atoms with Gasteiger partial charge < -0.3 is 20.5 Å². The van der Waals surface area contributed by atoms with Crippen LogP contribution in [0, 0.1) is 0 Å². The molecule has 0 spiro atoms. The van der Waals surface area contributed by atoms with E-state index < -0.39 is 0 Å². The molecule has 2 rings (SSSR count). The molecule has 1 fully saturated rings. The average Bonchev–Trinajstić information content (AvgIpc) is 2.62. The lowest BCUT2D eigenvalue weighted by Crippen LogP contribution is -2.38. The largest absolute Gasteiger partial charge is 0.508 e. The van der Waals surface area contributed by atoms with E-state index in [-0.39, 0.29) is 24.0 Å². The monoisotopic (exact) mass is 475 g/mol. The maximum Gasteiger partial charge on any atom is 0.191 e. The summed E-state index contributed by atoms with van der Waals surface area (Å²) < 4.78 is 5.94. The highest BCUT2D eigenvalue weighted by atomic mass is 127. The summed E-state index contributed by atoms with van der Waals surface area (Å²) in [4.78, 5) is 4.61. The van der Waals surface area contributed by atoms with Crippen molar-refractivity contribution in [2.45, 2.75) is 58.0 Å². The van der Waals surface area contributed by atoms with Crippen LogP contribution in [-0.2, 0) is 11.2 Å². The van der Waals surface area contributed by atoms with Gasteiger partial charge in [0, 0.05) is 26.2 Å². The lowest BCUT2D eigenvalue weighted by Gasteiger charge is -2.21. The van der Waals surface area contributed by atoms with Crippen molar-refractivity contribution in [2.75, 3.05) is 26.2 Å². The van der Waals surface area contributed by atoms with Crippen LogP contribution in [0.4, 0.5) is 0 Å². The summed E-state index contributed by atoms with van der Waals surface area (Å²) in [7, 11) is 0. The molecule has 148 valence electrons. The van der Waals surface area contributed by atoms with E-state index in [0.29, 0.717) is 11.9 Å². The van der Waals surface area contributed by atoms with E-state index in [4.69, 9.17) is 4.74 Å². The number of benzene rings is 1. The third-order valence-electron chi connectivity index (χ3n) is 4.44. The van der Waals surface area contributed by atoms with Crippen molar-refractivity contribution < 1.29 is 9.84 Å². The summed E-state index contributed by atoms with van der Waals surface area (Å²) in [6, 6.07) is 7.39. The van der Waals surface area contributed by atoms with Gasteiger partial charge in [-0.15, -0.1) is 24.0 Å². The van der Waals surface area contributed by atoms with Crippen LogP contribution >= 0.6 is 24.0 Å². The second-order valence-corrected chi connectivity index (χ2v) is 6.59. The molecule has 3 N–H and O–H groups in total. The smallest absolute Gasteiger partial charge is 0.191 e. The van der Waals surface area contributed by atoms with Crippen molar-refractivity contribution in [3.63, 3.8) is 0 Å². The highest BCUT2D eigenvalue weighted by Gasteiger charge is 2.12. The molecular formula is C20H34IN3O2. The first-order valence-corrected chi connectivity index (χ1v) is 9.69. The average molecular weight is 475 g/mol. The van der Waals surface area contributed by atoms with E-state index in [2.05, 4.69) is 22.5 Å². The van der Waals surface area contributed by atoms with Gasteiger partial charge in [-0.25, -0.2) is 0 Å². The topological polar surface area (TPSA) is 65.9 Å². The molecule has 0 saturated heterocycles. The molecule has 0 unspecified atom stereocenters. The molecule has 1 aliphatic carbocycles. The van der Waals surface area contributed by atoms with E-state index in [0.717, 1.165) is 50.6 Å². The molecule has 0 amide bonds. The maximum atomic E-state index is 9.50. The van der Waals surface area contributed by atoms with Crippen LogP contribution in [0.1, 0.15) is 51.0 Å².